The normalized spacial score (nSPS) is 10.6. The molecule has 1 rings (SSSR count). The molecule has 3 nitrogen and oxygen atoms in total. The Morgan fingerprint density at radius 1 is 0.917 bits per heavy atom. The summed E-state index contributed by atoms with van der Waals surface area (Å²) in [6.07, 6.45) is 8.84. The molecule has 0 bridgehead atoms. The van der Waals surface area contributed by atoms with Crippen molar-refractivity contribution in [3.05, 3.63) is 29.8 Å². The number of carbonyl (C=O) groups excluding carboxylic acids is 1. The fourth-order valence-corrected chi connectivity index (χ4v) is 2.83. The number of anilines is 1. The van der Waals surface area contributed by atoms with Crippen LogP contribution in [-0.2, 0) is 16.0 Å². The van der Waals surface area contributed by atoms with Gasteiger partial charge < -0.3 is 9.64 Å². The van der Waals surface area contributed by atoms with E-state index in [0.29, 0.717) is 13.0 Å². The minimum absolute atomic E-state index is 0.109. The van der Waals surface area contributed by atoms with Crippen LogP contribution in [0.15, 0.2) is 24.3 Å². The van der Waals surface area contributed by atoms with E-state index in [-0.39, 0.29) is 5.97 Å². The van der Waals surface area contributed by atoms with Crippen molar-refractivity contribution >= 4 is 11.7 Å². The third kappa shape index (κ3) is 8.37. The van der Waals surface area contributed by atoms with Crippen LogP contribution in [0.2, 0.25) is 0 Å². The van der Waals surface area contributed by atoms with Gasteiger partial charge in [0.2, 0.25) is 0 Å². The highest BCUT2D eigenvalue weighted by Crippen LogP contribution is 2.18. The number of rotatable bonds is 13. The first-order chi connectivity index (χ1) is 11.7. The average molecular weight is 334 g/mol. The van der Waals surface area contributed by atoms with Gasteiger partial charge in [0, 0.05) is 25.2 Å². The van der Waals surface area contributed by atoms with E-state index < -0.39 is 0 Å². The molecule has 0 saturated heterocycles. The highest BCUT2D eigenvalue weighted by molar-refractivity contribution is 5.69. The molecule has 0 aliphatic heterocycles. The van der Waals surface area contributed by atoms with E-state index in [1.54, 1.807) is 0 Å². The fourth-order valence-electron chi connectivity index (χ4n) is 2.83. The summed E-state index contributed by atoms with van der Waals surface area (Å²) >= 11 is 0. The zero-order chi connectivity index (χ0) is 17.6. The number of nitrogens with zero attached hydrogens (tertiary/aromatic N) is 1. The summed E-state index contributed by atoms with van der Waals surface area (Å²) in [5, 5.41) is 0. The zero-order valence-corrected chi connectivity index (χ0v) is 15.9. The Bertz CT molecular complexity index is 432. The SMILES string of the molecule is CCCCCN(CCCCC)c1ccc(CCC(=O)OCC)cc1. The van der Waals surface area contributed by atoms with E-state index in [9.17, 15) is 4.79 Å². The van der Waals surface area contributed by atoms with Crippen LogP contribution in [0.1, 0.15) is 71.3 Å². The predicted molar refractivity (Wildman–Crippen MR) is 103 cm³/mol. The lowest BCUT2D eigenvalue weighted by molar-refractivity contribution is -0.143. The zero-order valence-electron chi connectivity index (χ0n) is 15.9. The first-order valence-corrected chi connectivity index (χ1v) is 9.70. The van der Waals surface area contributed by atoms with Crippen molar-refractivity contribution < 1.29 is 9.53 Å². The third-order valence-electron chi connectivity index (χ3n) is 4.29. The second kappa shape index (κ2) is 12.9. The maximum atomic E-state index is 11.5. The van der Waals surface area contributed by atoms with E-state index in [2.05, 4.69) is 43.0 Å². The summed E-state index contributed by atoms with van der Waals surface area (Å²) in [5.41, 5.74) is 2.51. The lowest BCUT2D eigenvalue weighted by atomic mass is 10.1. The molecule has 0 aliphatic rings. The molecule has 24 heavy (non-hydrogen) atoms. The van der Waals surface area contributed by atoms with E-state index in [4.69, 9.17) is 4.74 Å². The van der Waals surface area contributed by atoms with Crippen molar-refractivity contribution in [2.24, 2.45) is 0 Å². The van der Waals surface area contributed by atoms with Crippen LogP contribution in [0.3, 0.4) is 0 Å². The maximum absolute atomic E-state index is 11.5. The highest BCUT2D eigenvalue weighted by atomic mass is 16.5. The van der Waals surface area contributed by atoms with E-state index in [1.165, 1.54) is 49.8 Å². The fraction of sp³-hybridized carbons (Fsp3) is 0.667. The Balaban J connectivity index is 2.57. The topological polar surface area (TPSA) is 29.5 Å². The summed E-state index contributed by atoms with van der Waals surface area (Å²) < 4.78 is 4.99. The Labute approximate surface area is 148 Å². The van der Waals surface area contributed by atoms with E-state index >= 15 is 0 Å². The average Bonchev–Trinajstić information content (AvgIpc) is 2.60. The van der Waals surface area contributed by atoms with E-state index in [0.717, 1.165) is 19.5 Å². The van der Waals surface area contributed by atoms with Crippen molar-refractivity contribution in [1.29, 1.82) is 0 Å². The Kier molecular flexibility index (Phi) is 11.0. The van der Waals surface area contributed by atoms with Gasteiger partial charge in [-0.1, -0.05) is 51.7 Å². The molecular formula is C21H35NO2. The number of unbranched alkanes of at least 4 members (excludes halogenated alkanes) is 4. The first-order valence-electron chi connectivity index (χ1n) is 9.70. The van der Waals surface area contributed by atoms with Crippen molar-refractivity contribution in [3.63, 3.8) is 0 Å². The predicted octanol–water partition coefficient (Wildman–Crippen LogP) is 5.37. The number of esters is 1. The largest absolute Gasteiger partial charge is 0.466 e. The molecule has 0 amide bonds. The minimum atomic E-state index is -0.109. The molecule has 0 N–H and O–H groups in total. The van der Waals surface area contributed by atoms with Crippen molar-refractivity contribution in [2.75, 3.05) is 24.6 Å². The number of hydrogen-bond donors (Lipinski definition) is 0. The molecule has 3 heteroatoms. The Morgan fingerprint density at radius 3 is 2.00 bits per heavy atom. The van der Waals surface area contributed by atoms with Crippen LogP contribution >= 0.6 is 0 Å². The lowest BCUT2D eigenvalue weighted by Crippen LogP contribution is -2.25. The van der Waals surface area contributed by atoms with Crippen LogP contribution in [0.4, 0.5) is 5.69 Å². The Morgan fingerprint density at radius 2 is 1.50 bits per heavy atom. The number of ether oxygens (including phenoxy) is 1. The molecule has 0 fully saturated rings. The second-order valence-electron chi connectivity index (χ2n) is 6.37. The van der Waals surface area contributed by atoms with Crippen molar-refractivity contribution in [1.82, 2.24) is 0 Å². The summed E-state index contributed by atoms with van der Waals surface area (Å²) in [5.74, 6) is -0.109. The maximum Gasteiger partial charge on any atom is 0.306 e. The molecule has 136 valence electrons. The second-order valence-corrected chi connectivity index (χ2v) is 6.37. The van der Waals surface area contributed by atoms with Crippen LogP contribution in [-0.4, -0.2) is 25.7 Å². The molecule has 0 aromatic heterocycles. The third-order valence-corrected chi connectivity index (χ3v) is 4.29. The lowest BCUT2D eigenvalue weighted by Gasteiger charge is -2.25. The van der Waals surface area contributed by atoms with Gasteiger partial charge in [0.15, 0.2) is 0 Å². The van der Waals surface area contributed by atoms with Gasteiger partial charge in [-0.15, -0.1) is 0 Å². The summed E-state index contributed by atoms with van der Waals surface area (Å²) in [7, 11) is 0. The molecule has 0 saturated carbocycles. The van der Waals surface area contributed by atoms with Crippen molar-refractivity contribution in [3.8, 4) is 0 Å². The number of aryl methyl sites for hydroxylation is 1. The minimum Gasteiger partial charge on any atom is -0.466 e. The van der Waals surface area contributed by atoms with Gasteiger partial charge in [-0.05, 0) is 43.9 Å². The van der Waals surface area contributed by atoms with Gasteiger partial charge in [0.25, 0.3) is 0 Å². The number of benzene rings is 1. The smallest absolute Gasteiger partial charge is 0.306 e. The molecule has 0 unspecified atom stereocenters. The van der Waals surface area contributed by atoms with Gasteiger partial charge in [0.05, 0.1) is 6.61 Å². The first kappa shape index (κ1) is 20.5. The molecule has 0 atom stereocenters. The van der Waals surface area contributed by atoms with Crippen LogP contribution in [0.25, 0.3) is 0 Å². The van der Waals surface area contributed by atoms with Crippen molar-refractivity contribution in [2.45, 2.75) is 72.1 Å². The van der Waals surface area contributed by atoms with Gasteiger partial charge >= 0.3 is 5.97 Å². The molecule has 0 spiro atoms. The summed E-state index contributed by atoms with van der Waals surface area (Å²) in [6, 6.07) is 8.72. The van der Waals surface area contributed by atoms with Gasteiger partial charge in [-0.25, -0.2) is 0 Å². The quantitative estimate of drug-likeness (QED) is 0.359. The molecule has 1 aromatic rings. The summed E-state index contributed by atoms with van der Waals surface area (Å²) in [4.78, 5) is 14.0. The molecule has 0 heterocycles. The van der Waals surface area contributed by atoms with Crippen LogP contribution in [0.5, 0.6) is 0 Å². The highest BCUT2D eigenvalue weighted by Gasteiger charge is 2.07. The Hall–Kier alpha value is -1.51. The van der Waals surface area contributed by atoms with Gasteiger partial charge in [-0.2, -0.15) is 0 Å². The number of hydrogen-bond acceptors (Lipinski definition) is 3. The monoisotopic (exact) mass is 333 g/mol. The van der Waals surface area contributed by atoms with Crippen LogP contribution in [0, 0.1) is 0 Å². The van der Waals surface area contributed by atoms with E-state index in [1.807, 2.05) is 6.92 Å². The molecule has 0 radical (unpaired) electrons. The molecule has 0 aliphatic carbocycles. The number of carbonyl (C=O) groups is 1. The summed E-state index contributed by atoms with van der Waals surface area (Å²) in [6.45, 7) is 9.08. The van der Waals surface area contributed by atoms with Gasteiger partial charge in [-0.3, -0.25) is 4.79 Å². The standard InChI is InChI=1S/C21H35NO2/c1-4-7-9-17-22(18-10-8-5-2)20-14-11-19(12-15-20)13-16-21(23)24-6-3/h11-12,14-15H,4-10,13,16-18H2,1-3H3. The van der Waals surface area contributed by atoms with Gasteiger partial charge in [0.1, 0.15) is 0 Å². The van der Waals surface area contributed by atoms with Crippen LogP contribution < -0.4 is 4.90 Å². The molecular weight excluding hydrogens is 298 g/mol. The molecule has 1 aromatic carbocycles.